The van der Waals surface area contributed by atoms with Gasteiger partial charge in [-0.05, 0) is 36.4 Å². The summed E-state index contributed by atoms with van der Waals surface area (Å²) in [6.07, 6.45) is 7.16. The van der Waals surface area contributed by atoms with Crippen molar-refractivity contribution in [3.05, 3.63) is 41.4 Å². The van der Waals surface area contributed by atoms with E-state index in [1.165, 1.54) is 12.8 Å². The van der Waals surface area contributed by atoms with Crippen LogP contribution >= 0.6 is 11.3 Å². The van der Waals surface area contributed by atoms with Gasteiger partial charge < -0.3 is 14.4 Å². The zero-order chi connectivity index (χ0) is 17.9. The lowest BCUT2D eigenvalue weighted by Gasteiger charge is -2.32. The minimum atomic E-state index is -0.582. The van der Waals surface area contributed by atoms with Crippen LogP contribution in [0.2, 0.25) is 0 Å². The first-order valence-electron chi connectivity index (χ1n) is 9.48. The maximum Gasteiger partial charge on any atom is 0.141 e. The smallest absolute Gasteiger partial charge is 0.141 e. The Balaban J connectivity index is 1.68. The topological polar surface area (TPSA) is 62.4 Å². The highest BCUT2D eigenvalue weighted by Gasteiger charge is 2.28. The van der Waals surface area contributed by atoms with Crippen LogP contribution in [0.1, 0.15) is 56.7 Å². The molecule has 138 valence electrons. The third-order valence-electron chi connectivity index (χ3n) is 5.18. The Morgan fingerprint density at radius 1 is 1.31 bits per heavy atom. The van der Waals surface area contributed by atoms with Gasteiger partial charge in [0.25, 0.3) is 0 Å². The van der Waals surface area contributed by atoms with Crippen LogP contribution in [0.3, 0.4) is 0 Å². The van der Waals surface area contributed by atoms with Gasteiger partial charge >= 0.3 is 0 Å². The predicted octanol–water partition coefficient (Wildman–Crippen LogP) is 4.72. The van der Waals surface area contributed by atoms with Crippen molar-refractivity contribution in [2.75, 3.05) is 11.4 Å². The minimum Gasteiger partial charge on any atom is -0.467 e. The molecule has 2 atom stereocenters. The highest BCUT2D eigenvalue weighted by molar-refractivity contribution is 7.16. The van der Waals surface area contributed by atoms with Gasteiger partial charge in [-0.25, -0.2) is 9.97 Å². The molecule has 0 aromatic carbocycles. The molecule has 1 fully saturated rings. The molecule has 0 aliphatic carbocycles. The summed E-state index contributed by atoms with van der Waals surface area (Å²) >= 11 is 1.67. The van der Waals surface area contributed by atoms with E-state index < -0.39 is 6.10 Å². The third kappa shape index (κ3) is 3.48. The number of anilines is 1. The van der Waals surface area contributed by atoms with E-state index in [0.29, 0.717) is 12.2 Å². The van der Waals surface area contributed by atoms with Crippen molar-refractivity contribution >= 4 is 27.4 Å². The minimum absolute atomic E-state index is 0.250. The average Bonchev–Trinajstić information content (AvgIpc) is 3.30. The number of nitrogens with zero attached hydrogens (tertiary/aromatic N) is 3. The number of aryl methyl sites for hydroxylation is 1. The number of hydrogen-bond donors (Lipinski definition) is 1. The number of aliphatic hydroxyl groups is 1. The lowest BCUT2D eigenvalue weighted by Crippen LogP contribution is -2.37. The molecule has 1 N–H and O–H groups in total. The number of hydrogen-bond acceptors (Lipinski definition) is 6. The van der Waals surface area contributed by atoms with E-state index in [2.05, 4.69) is 28.3 Å². The number of rotatable bonds is 5. The Hall–Kier alpha value is -1.92. The molecule has 3 aromatic heterocycles. The van der Waals surface area contributed by atoms with Crippen molar-refractivity contribution in [3.8, 4) is 0 Å². The van der Waals surface area contributed by atoms with Crippen LogP contribution < -0.4 is 4.90 Å². The van der Waals surface area contributed by atoms with Gasteiger partial charge in [0.2, 0.25) is 0 Å². The largest absolute Gasteiger partial charge is 0.467 e. The molecule has 1 aliphatic heterocycles. The Morgan fingerprint density at radius 3 is 3.04 bits per heavy atom. The van der Waals surface area contributed by atoms with Crippen molar-refractivity contribution < 1.29 is 9.52 Å². The van der Waals surface area contributed by atoms with Crippen molar-refractivity contribution in [1.82, 2.24) is 9.97 Å². The number of furan rings is 1. The standard InChI is InChI=1S/C20H25N3O2S/c1-2-18-21-19(15-9-12-26-20(15)22-18)23-10-5-3-4-7-14(23)13-16(24)17-8-6-11-25-17/h6,8-9,11-12,14,16,24H,2-5,7,10,13H2,1H3. The van der Waals surface area contributed by atoms with E-state index in [-0.39, 0.29) is 6.04 Å². The molecule has 5 nitrogen and oxygen atoms in total. The van der Waals surface area contributed by atoms with E-state index in [1.54, 1.807) is 17.6 Å². The predicted molar refractivity (Wildman–Crippen MR) is 105 cm³/mol. The fourth-order valence-corrected chi connectivity index (χ4v) is 4.59. The molecule has 4 heterocycles. The molecule has 1 saturated heterocycles. The van der Waals surface area contributed by atoms with Gasteiger partial charge in [-0.1, -0.05) is 19.8 Å². The molecular formula is C20H25N3O2S. The third-order valence-corrected chi connectivity index (χ3v) is 5.99. The van der Waals surface area contributed by atoms with E-state index in [9.17, 15) is 5.11 Å². The summed E-state index contributed by atoms with van der Waals surface area (Å²) in [7, 11) is 0. The second kappa shape index (κ2) is 7.76. The SMILES string of the molecule is CCc1nc(N2CCCCCC2CC(O)c2ccco2)c2ccsc2n1. The lowest BCUT2D eigenvalue weighted by molar-refractivity contribution is 0.129. The first kappa shape index (κ1) is 17.5. The molecule has 0 radical (unpaired) electrons. The number of fused-ring (bicyclic) bond motifs is 1. The molecule has 0 bridgehead atoms. The van der Waals surface area contributed by atoms with Gasteiger partial charge in [-0.3, -0.25) is 0 Å². The van der Waals surface area contributed by atoms with Crippen molar-refractivity contribution in [3.63, 3.8) is 0 Å². The van der Waals surface area contributed by atoms with Crippen LogP contribution in [0.5, 0.6) is 0 Å². The maximum atomic E-state index is 10.6. The molecule has 0 amide bonds. The molecule has 26 heavy (non-hydrogen) atoms. The zero-order valence-corrected chi connectivity index (χ0v) is 15.9. The molecule has 0 saturated carbocycles. The van der Waals surface area contributed by atoms with Crippen molar-refractivity contribution in [1.29, 1.82) is 0 Å². The molecule has 4 rings (SSSR count). The number of aromatic nitrogens is 2. The average molecular weight is 372 g/mol. The van der Waals surface area contributed by atoms with E-state index in [1.807, 2.05) is 12.1 Å². The normalized spacial score (nSPS) is 19.6. The summed E-state index contributed by atoms with van der Waals surface area (Å²) in [5.74, 6) is 2.57. The van der Waals surface area contributed by atoms with Crippen LogP contribution in [0, 0.1) is 0 Å². The summed E-state index contributed by atoms with van der Waals surface area (Å²) in [5.41, 5.74) is 0. The van der Waals surface area contributed by atoms with Crippen LogP contribution in [-0.4, -0.2) is 27.7 Å². The summed E-state index contributed by atoms with van der Waals surface area (Å²) in [6.45, 7) is 3.07. The molecular weight excluding hydrogens is 346 g/mol. The van der Waals surface area contributed by atoms with Gasteiger partial charge in [0.1, 0.15) is 28.3 Å². The molecule has 2 unspecified atom stereocenters. The van der Waals surface area contributed by atoms with Crippen LogP contribution in [-0.2, 0) is 6.42 Å². The second-order valence-corrected chi connectivity index (χ2v) is 7.81. The first-order chi connectivity index (χ1) is 12.8. The number of thiophene rings is 1. The monoisotopic (exact) mass is 371 g/mol. The van der Waals surface area contributed by atoms with Crippen molar-refractivity contribution in [2.24, 2.45) is 0 Å². The van der Waals surface area contributed by atoms with Gasteiger partial charge in [0, 0.05) is 25.4 Å². The van der Waals surface area contributed by atoms with E-state index in [4.69, 9.17) is 9.40 Å². The summed E-state index contributed by atoms with van der Waals surface area (Å²) in [4.78, 5) is 13.0. The summed E-state index contributed by atoms with van der Waals surface area (Å²) < 4.78 is 5.41. The molecule has 1 aliphatic rings. The van der Waals surface area contributed by atoms with Crippen LogP contribution in [0.25, 0.3) is 10.2 Å². The maximum absolute atomic E-state index is 10.6. The quantitative estimate of drug-likeness (QED) is 0.703. The van der Waals surface area contributed by atoms with Crippen LogP contribution in [0.4, 0.5) is 5.82 Å². The fourth-order valence-electron chi connectivity index (χ4n) is 3.82. The fraction of sp³-hybridized carbons (Fsp3) is 0.500. The molecule has 6 heteroatoms. The highest BCUT2D eigenvalue weighted by atomic mass is 32.1. The van der Waals surface area contributed by atoms with E-state index in [0.717, 1.165) is 47.7 Å². The van der Waals surface area contributed by atoms with Gasteiger partial charge in [-0.2, -0.15) is 0 Å². The Kier molecular flexibility index (Phi) is 5.22. The summed E-state index contributed by atoms with van der Waals surface area (Å²) in [5, 5.41) is 13.9. The highest BCUT2D eigenvalue weighted by Crippen LogP contribution is 2.34. The second-order valence-electron chi connectivity index (χ2n) is 6.92. The Bertz CT molecular complexity index is 846. The van der Waals surface area contributed by atoms with Gasteiger partial charge in [0.15, 0.2) is 0 Å². The van der Waals surface area contributed by atoms with Crippen LogP contribution in [0.15, 0.2) is 34.3 Å². The number of aliphatic hydroxyl groups excluding tert-OH is 1. The molecule has 0 spiro atoms. The Labute approximate surface area is 157 Å². The summed E-state index contributed by atoms with van der Waals surface area (Å²) in [6, 6.07) is 6.05. The first-order valence-corrected chi connectivity index (χ1v) is 10.4. The lowest BCUT2D eigenvalue weighted by atomic mass is 10.0. The van der Waals surface area contributed by atoms with Gasteiger partial charge in [-0.15, -0.1) is 11.3 Å². The Morgan fingerprint density at radius 2 is 2.23 bits per heavy atom. The van der Waals surface area contributed by atoms with E-state index >= 15 is 0 Å². The zero-order valence-electron chi connectivity index (χ0n) is 15.1. The van der Waals surface area contributed by atoms with Crippen molar-refractivity contribution in [2.45, 2.75) is 57.6 Å². The van der Waals surface area contributed by atoms with Gasteiger partial charge in [0.05, 0.1) is 11.6 Å². The molecule has 3 aromatic rings.